The van der Waals surface area contributed by atoms with Crippen molar-refractivity contribution in [3.05, 3.63) is 40.0 Å². The summed E-state index contributed by atoms with van der Waals surface area (Å²) in [5, 5.41) is 15.8. The molecule has 0 saturated heterocycles. The van der Waals surface area contributed by atoms with Crippen molar-refractivity contribution in [2.24, 2.45) is 0 Å². The zero-order valence-corrected chi connectivity index (χ0v) is 14.1. The maximum Gasteiger partial charge on any atom is 0.235 e. The number of nitrogens with zero attached hydrogens (tertiary/aromatic N) is 5. The predicted octanol–water partition coefficient (Wildman–Crippen LogP) is 4.25. The first-order valence-electron chi connectivity index (χ1n) is 6.54. The summed E-state index contributed by atoms with van der Waals surface area (Å²) >= 11 is 9.10. The molecule has 0 unspecified atom stereocenters. The molecule has 0 atom stereocenters. The number of benzene rings is 1. The van der Waals surface area contributed by atoms with Gasteiger partial charge in [0.25, 0.3) is 0 Å². The van der Waals surface area contributed by atoms with Crippen molar-refractivity contribution in [3.63, 3.8) is 0 Å². The number of halogens is 1. The Morgan fingerprint density at radius 2 is 1.82 bits per heavy atom. The molecule has 1 aromatic carbocycles. The van der Waals surface area contributed by atoms with Gasteiger partial charge in [0.2, 0.25) is 4.96 Å². The van der Waals surface area contributed by atoms with Crippen LogP contribution in [0, 0.1) is 13.8 Å². The van der Waals surface area contributed by atoms with E-state index in [1.165, 1.54) is 11.3 Å². The van der Waals surface area contributed by atoms with Crippen molar-refractivity contribution in [1.29, 1.82) is 0 Å². The molecule has 4 aromatic rings. The van der Waals surface area contributed by atoms with Gasteiger partial charge in [-0.2, -0.15) is 9.61 Å². The van der Waals surface area contributed by atoms with E-state index in [2.05, 4.69) is 20.3 Å². The number of hydrogen-bond donors (Lipinski definition) is 0. The average molecular weight is 348 g/mol. The molecule has 0 bridgehead atoms. The van der Waals surface area contributed by atoms with Crippen LogP contribution >= 0.6 is 34.3 Å². The van der Waals surface area contributed by atoms with E-state index in [9.17, 15) is 0 Å². The van der Waals surface area contributed by atoms with Gasteiger partial charge in [-0.3, -0.25) is 0 Å². The molecule has 0 fully saturated rings. The Bertz CT molecular complexity index is 967. The number of aryl methyl sites for hydroxylation is 2. The van der Waals surface area contributed by atoms with E-state index in [0.717, 1.165) is 31.1 Å². The van der Waals surface area contributed by atoms with E-state index in [1.54, 1.807) is 15.9 Å². The van der Waals surface area contributed by atoms with Crippen LogP contribution in [-0.4, -0.2) is 24.8 Å². The van der Waals surface area contributed by atoms with Crippen molar-refractivity contribution < 1.29 is 0 Å². The Labute approximate surface area is 139 Å². The van der Waals surface area contributed by atoms with E-state index in [0.29, 0.717) is 10.8 Å². The molecule has 0 radical (unpaired) electrons. The molecule has 0 aliphatic rings. The highest BCUT2D eigenvalue weighted by Gasteiger charge is 2.17. The van der Waals surface area contributed by atoms with E-state index in [1.807, 2.05) is 38.1 Å². The van der Waals surface area contributed by atoms with Gasteiger partial charge >= 0.3 is 0 Å². The molecule has 0 aliphatic carbocycles. The summed E-state index contributed by atoms with van der Waals surface area (Å²) in [6.45, 7) is 4.00. The van der Waals surface area contributed by atoms with Gasteiger partial charge in [0.1, 0.15) is 0 Å². The molecule has 4 rings (SSSR count). The lowest BCUT2D eigenvalue weighted by molar-refractivity contribution is 0.970. The molecule has 0 saturated carbocycles. The fourth-order valence-corrected chi connectivity index (χ4v) is 4.22. The van der Waals surface area contributed by atoms with E-state index in [-0.39, 0.29) is 0 Å². The Morgan fingerprint density at radius 1 is 1.05 bits per heavy atom. The summed E-state index contributed by atoms with van der Waals surface area (Å²) in [5.41, 5.74) is 1.94. The predicted molar refractivity (Wildman–Crippen MR) is 89.7 cm³/mol. The van der Waals surface area contributed by atoms with Gasteiger partial charge in [0.05, 0.1) is 15.6 Å². The van der Waals surface area contributed by atoms with Crippen molar-refractivity contribution in [2.45, 2.75) is 13.8 Å². The number of fused-ring (bicyclic) bond motifs is 1. The molecule has 5 nitrogen and oxygen atoms in total. The van der Waals surface area contributed by atoms with Crippen LogP contribution in [0.15, 0.2) is 24.3 Å². The molecular formula is C14H10ClN5S2. The summed E-state index contributed by atoms with van der Waals surface area (Å²) in [6.07, 6.45) is 0. The van der Waals surface area contributed by atoms with E-state index in [4.69, 9.17) is 11.6 Å². The van der Waals surface area contributed by atoms with Crippen LogP contribution in [0.5, 0.6) is 0 Å². The van der Waals surface area contributed by atoms with Crippen LogP contribution < -0.4 is 0 Å². The molecule has 0 spiro atoms. The van der Waals surface area contributed by atoms with Gasteiger partial charge in [0, 0.05) is 10.6 Å². The number of thiazole rings is 1. The highest BCUT2D eigenvalue weighted by atomic mass is 35.5. The first-order valence-corrected chi connectivity index (χ1v) is 8.55. The second kappa shape index (κ2) is 5.12. The standard InChI is InChI=1S/C14H10ClN5S2/c1-7-11(21-8(2)16-7)13-19-20-12(17-18-14(20)22-13)9-3-5-10(15)6-4-9/h3-6H,1-2H3. The first-order chi connectivity index (χ1) is 10.6. The van der Waals surface area contributed by atoms with E-state index >= 15 is 0 Å². The van der Waals surface area contributed by atoms with Crippen molar-refractivity contribution >= 4 is 39.2 Å². The highest BCUT2D eigenvalue weighted by Crippen LogP contribution is 2.33. The van der Waals surface area contributed by atoms with Gasteiger partial charge in [-0.05, 0) is 38.1 Å². The van der Waals surface area contributed by atoms with Crippen LogP contribution in [0.4, 0.5) is 0 Å². The molecule has 0 amide bonds. The highest BCUT2D eigenvalue weighted by molar-refractivity contribution is 7.24. The molecular weight excluding hydrogens is 338 g/mol. The lowest BCUT2D eigenvalue weighted by atomic mass is 10.2. The number of rotatable bonds is 2. The fourth-order valence-electron chi connectivity index (χ4n) is 2.22. The summed E-state index contributed by atoms with van der Waals surface area (Å²) in [5.74, 6) is 0.716. The zero-order chi connectivity index (χ0) is 15.3. The third kappa shape index (κ3) is 2.22. The Kier molecular flexibility index (Phi) is 3.21. The SMILES string of the molecule is Cc1nc(C)c(-c2nn3c(-c4ccc(Cl)cc4)nnc3s2)s1. The van der Waals surface area contributed by atoms with E-state index < -0.39 is 0 Å². The first kappa shape index (κ1) is 13.8. The fraction of sp³-hybridized carbons (Fsp3) is 0.143. The minimum absolute atomic E-state index is 0.694. The van der Waals surface area contributed by atoms with Crippen LogP contribution in [0.2, 0.25) is 5.02 Å². The van der Waals surface area contributed by atoms with Crippen LogP contribution in [0.3, 0.4) is 0 Å². The Morgan fingerprint density at radius 3 is 2.50 bits per heavy atom. The van der Waals surface area contributed by atoms with Crippen molar-refractivity contribution in [3.8, 4) is 21.3 Å². The maximum atomic E-state index is 5.93. The smallest absolute Gasteiger partial charge is 0.235 e. The summed E-state index contributed by atoms with van der Waals surface area (Å²) in [7, 11) is 0. The minimum Gasteiger partial charge on any atom is -0.246 e. The molecule has 3 heterocycles. The van der Waals surface area contributed by atoms with Crippen LogP contribution in [0.25, 0.3) is 26.2 Å². The van der Waals surface area contributed by atoms with Gasteiger partial charge < -0.3 is 0 Å². The third-order valence-corrected chi connectivity index (χ3v) is 5.57. The molecule has 8 heteroatoms. The second-order valence-electron chi connectivity index (χ2n) is 4.78. The lowest BCUT2D eigenvalue weighted by Crippen LogP contribution is -1.90. The maximum absolute atomic E-state index is 5.93. The molecule has 110 valence electrons. The van der Waals surface area contributed by atoms with Crippen LogP contribution in [-0.2, 0) is 0 Å². The summed E-state index contributed by atoms with van der Waals surface area (Å²) in [6, 6.07) is 7.50. The Balaban J connectivity index is 1.86. The molecule has 22 heavy (non-hydrogen) atoms. The lowest BCUT2D eigenvalue weighted by Gasteiger charge is -1.96. The quantitative estimate of drug-likeness (QED) is 0.544. The molecule has 0 aliphatic heterocycles. The average Bonchev–Trinajstić information content (AvgIpc) is 3.13. The summed E-state index contributed by atoms with van der Waals surface area (Å²) < 4.78 is 1.78. The third-order valence-electron chi connectivity index (χ3n) is 3.19. The van der Waals surface area contributed by atoms with Gasteiger partial charge in [-0.25, -0.2) is 4.98 Å². The van der Waals surface area contributed by atoms with Gasteiger partial charge in [0.15, 0.2) is 10.8 Å². The normalized spacial score (nSPS) is 11.4. The number of hydrogen-bond acceptors (Lipinski definition) is 6. The monoisotopic (exact) mass is 347 g/mol. The van der Waals surface area contributed by atoms with Crippen molar-refractivity contribution in [2.75, 3.05) is 0 Å². The molecule has 3 aromatic heterocycles. The summed E-state index contributed by atoms with van der Waals surface area (Å²) in [4.78, 5) is 6.32. The second-order valence-corrected chi connectivity index (χ2v) is 7.38. The van der Waals surface area contributed by atoms with Gasteiger partial charge in [-0.1, -0.05) is 22.9 Å². The Hall–Kier alpha value is -1.83. The van der Waals surface area contributed by atoms with Crippen LogP contribution in [0.1, 0.15) is 10.7 Å². The topological polar surface area (TPSA) is 56.0 Å². The van der Waals surface area contributed by atoms with Gasteiger partial charge in [-0.15, -0.1) is 21.5 Å². The number of aromatic nitrogens is 5. The zero-order valence-electron chi connectivity index (χ0n) is 11.7. The van der Waals surface area contributed by atoms with Crippen molar-refractivity contribution in [1.82, 2.24) is 24.8 Å². The minimum atomic E-state index is 0.694. The molecule has 0 N–H and O–H groups in total. The largest absolute Gasteiger partial charge is 0.246 e.